The van der Waals surface area contributed by atoms with Gasteiger partial charge in [0.2, 0.25) is 0 Å². The molecular formula is C24H42N2O10. The maximum absolute atomic E-state index is 12.0. The smallest absolute Gasteiger partial charge is 0.411 e. The number of nitrogens with zero attached hydrogens (tertiary/aromatic N) is 2. The van der Waals surface area contributed by atoms with Crippen molar-refractivity contribution in [2.24, 2.45) is 0 Å². The summed E-state index contributed by atoms with van der Waals surface area (Å²) in [6, 6.07) is -1.54. The van der Waals surface area contributed by atoms with E-state index in [2.05, 4.69) is 9.47 Å². The lowest BCUT2D eigenvalue weighted by Crippen LogP contribution is -2.53. The van der Waals surface area contributed by atoms with E-state index in [1.807, 2.05) is 0 Å². The zero-order valence-corrected chi connectivity index (χ0v) is 22.6. The first-order valence-electron chi connectivity index (χ1n) is 12.0. The van der Waals surface area contributed by atoms with Crippen LogP contribution in [0.2, 0.25) is 0 Å². The Labute approximate surface area is 212 Å². The zero-order chi connectivity index (χ0) is 27.8. The fourth-order valence-electron chi connectivity index (χ4n) is 3.69. The highest BCUT2D eigenvalue weighted by Crippen LogP contribution is 2.23. The molecule has 0 saturated carbocycles. The Morgan fingerprint density at radius 2 is 0.972 bits per heavy atom. The zero-order valence-electron chi connectivity index (χ0n) is 22.6. The number of aliphatic hydroxyl groups excluding tert-OH is 2. The van der Waals surface area contributed by atoms with Gasteiger partial charge in [0.15, 0.2) is 0 Å². The fourth-order valence-corrected chi connectivity index (χ4v) is 3.69. The first-order valence-corrected chi connectivity index (χ1v) is 12.0. The van der Waals surface area contributed by atoms with Crippen LogP contribution in [0.5, 0.6) is 0 Å². The summed E-state index contributed by atoms with van der Waals surface area (Å²) < 4.78 is 19.8. The summed E-state index contributed by atoms with van der Waals surface area (Å²) in [5.41, 5.74) is -1.23. The van der Waals surface area contributed by atoms with Crippen LogP contribution in [0, 0.1) is 0 Å². The summed E-state index contributed by atoms with van der Waals surface area (Å²) >= 11 is 0. The molecule has 12 heteroatoms. The van der Waals surface area contributed by atoms with Crippen LogP contribution in [-0.2, 0) is 28.5 Å². The van der Waals surface area contributed by atoms with Gasteiger partial charge < -0.3 is 29.2 Å². The van der Waals surface area contributed by atoms with Gasteiger partial charge in [0.1, 0.15) is 23.3 Å². The van der Waals surface area contributed by atoms with E-state index < -0.39 is 59.6 Å². The van der Waals surface area contributed by atoms with Crippen molar-refractivity contribution < 1.29 is 48.3 Å². The second-order valence-electron chi connectivity index (χ2n) is 10.8. The van der Waals surface area contributed by atoms with Gasteiger partial charge in [-0.2, -0.15) is 0 Å². The minimum absolute atomic E-state index is 0.186. The van der Waals surface area contributed by atoms with E-state index in [0.717, 1.165) is 0 Å². The molecule has 2 amide bonds. The number of ether oxygens (including phenoxy) is 4. The van der Waals surface area contributed by atoms with E-state index in [9.17, 15) is 29.4 Å². The minimum atomic E-state index is -0.770. The Morgan fingerprint density at radius 3 is 1.22 bits per heavy atom. The monoisotopic (exact) mass is 518 g/mol. The number of carbonyl (C=O) groups is 4. The van der Waals surface area contributed by atoms with Crippen molar-refractivity contribution in [3.05, 3.63) is 0 Å². The van der Waals surface area contributed by atoms with Gasteiger partial charge >= 0.3 is 24.1 Å². The van der Waals surface area contributed by atoms with Crippen molar-refractivity contribution in [3.63, 3.8) is 0 Å². The molecular weight excluding hydrogens is 476 g/mol. The summed E-state index contributed by atoms with van der Waals surface area (Å²) in [5, 5.41) is 19.1. The molecule has 0 aromatic rings. The molecule has 0 spiro atoms. The molecule has 0 aromatic carbocycles. The third-order valence-electron chi connectivity index (χ3n) is 5.35. The Kier molecular flexibility index (Phi) is 11.4. The lowest BCUT2D eigenvalue weighted by atomic mass is 10.00. The maximum Gasteiger partial charge on any atom is 0.411 e. The number of rotatable bonds is 2. The molecule has 0 unspecified atom stereocenters. The van der Waals surface area contributed by atoms with E-state index in [4.69, 9.17) is 9.47 Å². The van der Waals surface area contributed by atoms with Crippen LogP contribution in [-0.4, -0.2) is 107 Å². The first-order chi connectivity index (χ1) is 16.5. The average molecular weight is 519 g/mol. The van der Waals surface area contributed by atoms with E-state index in [1.54, 1.807) is 41.5 Å². The number of piperidine rings is 2. The molecule has 2 rings (SSSR count). The number of methoxy groups -OCH3 is 2. The third-order valence-corrected chi connectivity index (χ3v) is 5.35. The number of hydrogen-bond acceptors (Lipinski definition) is 10. The molecule has 0 bridgehead atoms. The van der Waals surface area contributed by atoms with E-state index in [-0.39, 0.29) is 25.9 Å². The van der Waals surface area contributed by atoms with Crippen molar-refractivity contribution in [1.29, 1.82) is 0 Å². The van der Waals surface area contributed by atoms with E-state index in [1.165, 1.54) is 24.0 Å². The normalized spacial score (nSPS) is 24.6. The predicted molar refractivity (Wildman–Crippen MR) is 128 cm³/mol. The van der Waals surface area contributed by atoms with Crippen LogP contribution in [0.4, 0.5) is 9.59 Å². The molecule has 0 aliphatic carbocycles. The lowest BCUT2D eigenvalue weighted by Gasteiger charge is -2.36. The van der Waals surface area contributed by atoms with Crippen LogP contribution >= 0.6 is 0 Å². The average Bonchev–Trinajstić information content (AvgIpc) is 2.75. The van der Waals surface area contributed by atoms with Gasteiger partial charge in [0.25, 0.3) is 0 Å². The van der Waals surface area contributed by atoms with Crippen molar-refractivity contribution in [1.82, 2.24) is 9.80 Å². The molecule has 4 atom stereocenters. The number of likely N-dealkylation sites (tertiary alicyclic amines) is 2. The molecule has 2 saturated heterocycles. The molecule has 2 fully saturated rings. The molecule has 0 radical (unpaired) electrons. The minimum Gasteiger partial charge on any atom is -0.467 e. The van der Waals surface area contributed by atoms with Crippen LogP contribution in [0.1, 0.15) is 67.2 Å². The topological polar surface area (TPSA) is 152 Å². The summed E-state index contributed by atoms with van der Waals surface area (Å²) in [4.78, 5) is 49.8. The summed E-state index contributed by atoms with van der Waals surface area (Å²) in [6.45, 7) is 11.1. The highest BCUT2D eigenvalue weighted by Gasteiger charge is 2.39. The van der Waals surface area contributed by atoms with Gasteiger partial charge in [0, 0.05) is 25.9 Å². The van der Waals surface area contributed by atoms with Crippen LogP contribution in [0.3, 0.4) is 0 Å². The fraction of sp³-hybridized carbons (Fsp3) is 0.833. The molecule has 36 heavy (non-hydrogen) atoms. The number of carbonyl (C=O) groups excluding carboxylic acids is 4. The number of esters is 2. The van der Waals surface area contributed by atoms with Crippen LogP contribution in [0.25, 0.3) is 0 Å². The Morgan fingerprint density at radius 1 is 0.667 bits per heavy atom. The van der Waals surface area contributed by atoms with Crippen LogP contribution < -0.4 is 0 Å². The highest BCUT2D eigenvalue weighted by molar-refractivity contribution is 5.82. The number of hydrogen-bond donors (Lipinski definition) is 2. The van der Waals surface area contributed by atoms with Crippen molar-refractivity contribution >= 4 is 24.1 Å². The van der Waals surface area contributed by atoms with Crippen molar-refractivity contribution in [3.8, 4) is 0 Å². The van der Waals surface area contributed by atoms with Gasteiger partial charge in [-0.3, -0.25) is 9.80 Å². The second kappa shape index (κ2) is 13.1. The Hall–Kier alpha value is -2.60. The quantitative estimate of drug-likeness (QED) is 0.409. The van der Waals surface area contributed by atoms with Crippen LogP contribution in [0.15, 0.2) is 0 Å². The number of amides is 2. The maximum atomic E-state index is 12.0. The Bertz CT molecular complexity index is 710. The van der Waals surface area contributed by atoms with Gasteiger partial charge in [-0.1, -0.05) is 0 Å². The van der Waals surface area contributed by atoms with Gasteiger partial charge in [0.05, 0.1) is 26.4 Å². The van der Waals surface area contributed by atoms with Crippen molar-refractivity contribution in [2.75, 3.05) is 27.3 Å². The third kappa shape index (κ3) is 10.2. The summed E-state index contributed by atoms with van der Waals surface area (Å²) in [6.07, 6.45) is -1.03. The summed E-state index contributed by atoms with van der Waals surface area (Å²) in [7, 11) is 2.52. The second-order valence-corrected chi connectivity index (χ2v) is 10.8. The van der Waals surface area contributed by atoms with E-state index in [0.29, 0.717) is 12.8 Å². The number of aliphatic hydroxyl groups is 2. The molecule has 0 aromatic heterocycles. The molecule has 208 valence electrons. The predicted octanol–water partition coefficient (Wildman–Crippen LogP) is 1.84. The van der Waals surface area contributed by atoms with Gasteiger partial charge in [-0.25, -0.2) is 19.2 Å². The molecule has 2 N–H and O–H groups in total. The Balaban J connectivity index is 0.000000360. The first kappa shape index (κ1) is 31.4. The van der Waals surface area contributed by atoms with Gasteiger partial charge in [-0.05, 0) is 54.4 Å². The molecule has 2 aliphatic heterocycles. The van der Waals surface area contributed by atoms with Crippen molar-refractivity contribution in [2.45, 2.75) is 103 Å². The molecule has 2 aliphatic rings. The standard InChI is InChI=1S/2C12H21NO5/c2*1-12(2,3)18-11(16)13-6-5-8(14)7-9(13)10(15)17-4/h2*8-9,14H,5-7H2,1-4H3/t2*8-,9+/m10/s1. The molecule has 2 heterocycles. The SMILES string of the molecule is COC(=O)[C@@H]1C[C@H](O)CCN1C(=O)OC(C)(C)C.COC(=O)[C@H]1C[C@@H](O)CCN1C(=O)OC(C)(C)C. The largest absolute Gasteiger partial charge is 0.467 e. The summed E-state index contributed by atoms with van der Waals surface area (Å²) in [5.74, 6) is -1.06. The molecule has 12 nitrogen and oxygen atoms in total. The van der Waals surface area contributed by atoms with Gasteiger partial charge in [-0.15, -0.1) is 0 Å². The highest BCUT2D eigenvalue weighted by atomic mass is 16.6. The lowest BCUT2D eigenvalue weighted by molar-refractivity contribution is -0.150. The van der Waals surface area contributed by atoms with E-state index >= 15 is 0 Å².